The van der Waals surface area contributed by atoms with Crippen LogP contribution < -0.4 is 0 Å². The number of esters is 1. The summed E-state index contributed by atoms with van der Waals surface area (Å²) in [7, 11) is 0. The third kappa shape index (κ3) is 5.89. The van der Waals surface area contributed by atoms with Crippen molar-refractivity contribution < 1.29 is 69.0 Å². The number of hydrogen-bond acceptors (Lipinski definition) is 14. The average Bonchev–Trinajstić information content (AvgIpc) is 3.44. The normalized spacial score (nSPS) is 57.1. The minimum Gasteiger partial charge on any atom is -0.457 e. The van der Waals surface area contributed by atoms with Gasteiger partial charge in [-0.05, 0) is 86.4 Å². The smallest absolute Gasteiger partial charge is 0.303 e. The molecule has 7 N–H and O–H groups in total. The fourth-order valence-corrected chi connectivity index (χ4v) is 14.6. The lowest BCUT2D eigenvalue weighted by atomic mass is 9.32. The molecule has 0 aromatic carbocycles. The lowest BCUT2D eigenvalue weighted by molar-refractivity contribution is -0.367. The quantitative estimate of drug-likeness (QED) is 0.112. The number of carbonyl (C=O) groups is 1. The molecule has 5 aliphatic carbocycles. The summed E-state index contributed by atoms with van der Waals surface area (Å²) in [6.07, 6.45) is -3.51. The van der Waals surface area contributed by atoms with Crippen LogP contribution in [0.1, 0.15) is 107 Å². The van der Waals surface area contributed by atoms with E-state index in [1.54, 1.807) is 6.92 Å². The molecule has 7 fully saturated rings. The summed E-state index contributed by atoms with van der Waals surface area (Å²) in [5.74, 6) is -0.331. The molecule has 1 spiro atoms. The predicted molar refractivity (Wildman–Crippen MR) is 206 cm³/mol. The molecule has 3 heterocycles. The van der Waals surface area contributed by atoms with Gasteiger partial charge in [0.05, 0.1) is 43.7 Å². The van der Waals surface area contributed by atoms with E-state index in [-0.39, 0.29) is 51.4 Å². The molecule has 3 aliphatic heterocycles. The number of carbonyl (C=O) groups excluding carboxylic acids is 1. The van der Waals surface area contributed by atoms with Crippen molar-refractivity contribution in [2.24, 2.45) is 50.2 Å². The Kier molecular flexibility index (Phi) is 10.8. The van der Waals surface area contributed by atoms with E-state index < -0.39 is 97.2 Å². The van der Waals surface area contributed by atoms with Crippen LogP contribution in [0.2, 0.25) is 0 Å². The molecule has 58 heavy (non-hydrogen) atoms. The lowest BCUT2D eigenvalue weighted by Gasteiger charge is -2.73. The summed E-state index contributed by atoms with van der Waals surface area (Å²) in [6.45, 7) is 16.5. The van der Waals surface area contributed by atoms with Gasteiger partial charge in [-0.15, -0.1) is 0 Å². The Balaban J connectivity index is 1.03. The second kappa shape index (κ2) is 14.4. The van der Waals surface area contributed by atoms with Gasteiger partial charge < -0.3 is 64.2 Å². The predicted octanol–water partition coefficient (Wildman–Crippen LogP) is 2.35. The topological polar surface area (TPSA) is 214 Å². The molecule has 0 amide bonds. The highest BCUT2D eigenvalue weighted by Gasteiger charge is 2.79. The van der Waals surface area contributed by atoms with Gasteiger partial charge in [-0.1, -0.05) is 53.7 Å². The van der Waals surface area contributed by atoms with Crippen molar-refractivity contribution in [3.8, 4) is 0 Å². The van der Waals surface area contributed by atoms with Crippen LogP contribution in [0.15, 0.2) is 12.2 Å². The molecule has 3 saturated heterocycles. The van der Waals surface area contributed by atoms with E-state index >= 15 is 0 Å². The number of ether oxygens (including phenoxy) is 6. The van der Waals surface area contributed by atoms with Crippen LogP contribution in [0.5, 0.6) is 0 Å². The maximum Gasteiger partial charge on any atom is 0.303 e. The third-order valence-corrected chi connectivity index (χ3v) is 18.2. The number of hydrogen-bond donors (Lipinski definition) is 7. The minimum atomic E-state index is -1.75. The van der Waals surface area contributed by atoms with Crippen molar-refractivity contribution in [3.63, 3.8) is 0 Å². The van der Waals surface area contributed by atoms with Crippen LogP contribution in [-0.4, -0.2) is 141 Å². The van der Waals surface area contributed by atoms with Gasteiger partial charge in [0.2, 0.25) is 0 Å². The monoisotopic (exact) mass is 822 g/mol. The van der Waals surface area contributed by atoms with Crippen molar-refractivity contribution in [1.29, 1.82) is 0 Å². The highest BCUT2D eigenvalue weighted by molar-refractivity contribution is 5.66. The summed E-state index contributed by atoms with van der Waals surface area (Å²) in [6, 6.07) is 0. The molecule has 14 nitrogen and oxygen atoms in total. The highest BCUT2D eigenvalue weighted by Crippen LogP contribution is 2.79. The van der Waals surface area contributed by atoms with Crippen molar-refractivity contribution in [3.05, 3.63) is 12.2 Å². The van der Waals surface area contributed by atoms with E-state index in [2.05, 4.69) is 53.7 Å². The van der Waals surface area contributed by atoms with Gasteiger partial charge >= 0.3 is 5.97 Å². The van der Waals surface area contributed by atoms with Gasteiger partial charge in [0.25, 0.3) is 0 Å². The fourth-order valence-electron chi connectivity index (χ4n) is 14.6. The summed E-state index contributed by atoms with van der Waals surface area (Å²) < 4.78 is 36.6. The van der Waals surface area contributed by atoms with Gasteiger partial charge in [0.15, 0.2) is 18.7 Å². The van der Waals surface area contributed by atoms with Gasteiger partial charge in [0.1, 0.15) is 36.6 Å². The Morgan fingerprint density at radius 1 is 0.793 bits per heavy atom. The maximum atomic E-state index is 12.2. The Morgan fingerprint density at radius 3 is 2.17 bits per heavy atom. The summed E-state index contributed by atoms with van der Waals surface area (Å²) >= 11 is 0. The molecule has 2 bridgehead atoms. The summed E-state index contributed by atoms with van der Waals surface area (Å²) in [5.41, 5.74) is -1.98. The number of fused-ring (bicyclic) bond motifs is 4. The molecule has 0 radical (unpaired) electrons. The molecule has 0 aromatic heterocycles. The second-order valence-corrected chi connectivity index (χ2v) is 21.5. The van der Waals surface area contributed by atoms with Crippen molar-refractivity contribution in [2.45, 2.75) is 186 Å². The molecule has 0 aromatic rings. The minimum absolute atomic E-state index is 0.0264. The van der Waals surface area contributed by atoms with E-state index in [4.69, 9.17) is 28.4 Å². The average molecular weight is 823 g/mol. The molecular formula is C44H70O14. The zero-order chi connectivity index (χ0) is 42.2. The second-order valence-electron chi connectivity index (χ2n) is 21.5. The van der Waals surface area contributed by atoms with Gasteiger partial charge in [-0.2, -0.15) is 0 Å². The van der Waals surface area contributed by atoms with E-state index in [1.165, 1.54) is 0 Å². The molecule has 1 unspecified atom stereocenters. The van der Waals surface area contributed by atoms with Crippen LogP contribution in [0.3, 0.4) is 0 Å². The molecule has 21 atom stereocenters. The number of rotatable bonds is 7. The molecule has 4 saturated carbocycles. The van der Waals surface area contributed by atoms with Crippen molar-refractivity contribution in [1.82, 2.24) is 0 Å². The summed E-state index contributed by atoms with van der Waals surface area (Å²) in [4.78, 5) is 11.6. The third-order valence-electron chi connectivity index (χ3n) is 18.2. The molecule has 330 valence electrons. The van der Waals surface area contributed by atoms with Crippen LogP contribution in [0.25, 0.3) is 0 Å². The Hall–Kier alpha value is -1.27. The van der Waals surface area contributed by atoms with Gasteiger partial charge in [-0.25, -0.2) is 0 Å². The van der Waals surface area contributed by atoms with Crippen LogP contribution >= 0.6 is 0 Å². The first-order valence-electron chi connectivity index (χ1n) is 21.8. The van der Waals surface area contributed by atoms with Gasteiger partial charge in [-0.3, -0.25) is 4.79 Å². The number of aliphatic hydroxyl groups is 7. The molecular weight excluding hydrogens is 752 g/mol. The first-order chi connectivity index (χ1) is 27.1. The summed E-state index contributed by atoms with van der Waals surface area (Å²) in [5, 5.41) is 78.0. The van der Waals surface area contributed by atoms with Crippen LogP contribution in [-0.2, 0) is 33.2 Å². The molecule has 14 heteroatoms. The van der Waals surface area contributed by atoms with E-state index in [0.29, 0.717) is 19.4 Å². The van der Waals surface area contributed by atoms with Crippen molar-refractivity contribution >= 4 is 5.97 Å². The highest BCUT2D eigenvalue weighted by atomic mass is 16.7. The Labute approximate surface area is 342 Å². The maximum absolute atomic E-state index is 12.2. The first kappa shape index (κ1) is 43.4. The zero-order valence-electron chi connectivity index (χ0n) is 35.6. The number of aliphatic hydroxyl groups excluding tert-OH is 7. The van der Waals surface area contributed by atoms with Gasteiger partial charge in [0, 0.05) is 29.1 Å². The number of allylic oxidation sites excluding steroid dienone is 1. The molecule has 8 aliphatic rings. The van der Waals surface area contributed by atoms with Crippen molar-refractivity contribution in [2.75, 3.05) is 19.8 Å². The zero-order valence-corrected chi connectivity index (χ0v) is 35.6. The largest absolute Gasteiger partial charge is 0.457 e. The Morgan fingerprint density at radius 2 is 1.50 bits per heavy atom. The van der Waals surface area contributed by atoms with Crippen LogP contribution in [0, 0.1) is 50.2 Å². The van der Waals surface area contributed by atoms with Crippen LogP contribution in [0.4, 0.5) is 0 Å². The first-order valence-corrected chi connectivity index (χ1v) is 21.8. The van der Waals surface area contributed by atoms with E-state index in [1.807, 2.05) is 0 Å². The Bertz CT molecular complexity index is 1610. The SMILES string of the molecule is CC(=O)O[C@H]1[C@H](O)[C@@H](O)[C@H](O[C@H]2[C@@H](O)[C@@H](C)O[C@@H](O[C@H]3CC[C@@]4(C)[C@@H](CC[C@]5(C)[C@@H]4C=C[C@]46OC[C@@]7(CCC(C)(C)CC74)[C@@H](O)C[C@]65C)[C@]3(C)CO)[C@@H]2O)O[C@@H]1CO. The standard InChI is InChI=1S/C44H70O14/c1-22-30(49)35(58-36-32(51)31(50)34(55-23(2)47)24(19-45)56-36)33(52)37(54-22)57-29-11-12-39(5)25(40(29,6)20-46)9-13-41(7)26(39)10-14-44-27-17-38(3,4)15-16-43(27,21-53-44)28(48)18-42(41,44)8/h10,14,22,24-37,45-46,48-52H,9,11-13,15-21H2,1-8H3/t22-,24-,25-,26-,27?,28+,29+,30+,31-,32-,33-,34-,35+,36+,37+,39+,40+,41-,42+,43-,44+/m1/s1. The van der Waals surface area contributed by atoms with E-state index in [0.717, 1.165) is 45.4 Å². The molecule has 8 rings (SSSR count). The van der Waals surface area contributed by atoms with E-state index in [9.17, 15) is 40.5 Å². The fraction of sp³-hybridized carbons (Fsp3) is 0.932. The lowest BCUT2D eigenvalue weighted by Crippen LogP contribution is -2.72.